The van der Waals surface area contributed by atoms with Crippen LogP contribution in [0.5, 0.6) is 11.5 Å². The van der Waals surface area contributed by atoms with E-state index in [0.29, 0.717) is 33.0 Å². The van der Waals surface area contributed by atoms with Crippen LogP contribution >= 0.6 is 27.3 Å². The van der Waals surface area contributed by atoms with Crippen LogP contribution in [-0.2, 0) is 9.59 Å². The lowest BCUT2D eigenvalue weighted by atomic mass is 10.2. The van der Waals surface area contributed by atoms with Crippen molar-refractivity contribution in [1.29, 1.82) is 0 Å². The number of hydrazone groups is 1. The van der Waals surface area contributed by atoms with Crippen LogP contribution in [0.1, 0.15) is 22.8 Å². The Kier molecular flexibility index (Phi) is 8.90. The number of amides is 2. The average molecular weight is 594 g/mol. The number of carbonyl (C=O) groups is 3. The summed E-state index contributed by atoms with van der Waals surface area (Å²) in [6.45, 7) is 2.38. The van der Waals surface area contributed by atoms with E-state index in [4.69, 9.17) is 9.47 Å². The maximum absolute atomic E-state index is 12.6. The molecule has 0 bridgehead atoms. The van der Waals surface area contributed by atoms with Gasteiger partial charge in [0.1, 0.15) is 16.5 Å². The normalized spacial score (nSPS) is 10.7. The molecule has 1 aromatic heterocycles. The summed E-state index contributed by atoms with van der Waals surface area (Å²) in [7, 11) is 0. The smallest absolute Gasteiger partial charge is 0.343 e. The topological polar surface area (TPSA) is 132 Å². The third-order valence-corrected chi connectivity index (χ3v) is 6.20. The number of anilines is 1. The first kappa shape index (κ1) is 26.6. The quantitative estimate of drug-likeness (QED) is 0.0996. The van der Waals surface area contributed by atoms with E-state index in [1.54, 1.807) is 42.5 Å². The van der Waals surface area contributed by atoms with Gasteiger partial charge in [0.25, 0.3) is 0 Å². The molecule has 0 saturated carbocycles. The molecule has 0 unspecified atom stereocenters. The lowest BCUT2D eigenvalue weighted by Crippen LogP contribution is -2.32. The summed E-state index contributed by atoms with van der Waals surface area (Å²) in [6.07, 6.45) is 1.26. The predicted octanol–water partition coefficient (Wildman–Crippen LogP) is 4.67. The second-order valence-electron chi connectivity index (χ2n) is 7.46. The molecule has 0 fully saturated rings. The van der Waals surface area contributed by atoms with Crippen molar-refractivity contribution in [2.45, 2.75) is 6.92 Å². The molecule has 0 spiro atoms. The number of hydrogen-bond acceptors (Lipinski definition) is 9. The number of hydrogen-bond donors (Lipinski definition) is 2. The van der Waals surface area contributed by atoms with Crippen LogP contribution in [0.3, 0.4) is 0 Å². The highest BCUT2D eigenvalue weighted by Crippen LogP contribution is 2.26. The number of esters is 1. The molecule has 38 heavy (non-hydrogen) atoms. The Morgan fingerprint density at radius 3 is 2.50 bits per heavy atom. The molecular weight excluding hydrogens is 574 g/mol. The zero-order chi connectivity index (χ0) is 26.9. The molecule has 10 nitrogen and oxygen atoms in total. The fourth-order valence-corrected chi connectivity index (χ4v) is 4.18. The molecule has 0 atom stereocenters. The summed E-state index contributed by atoms with van der Waals surface area (Å²) in [5.41, 5.74) is 3.70. The number of ether oxygens (including phenoxy) is 2. The molecule has 0 radical (unpaired) electrons. The molecular formula is C26H20BrN5O5S. The molecule has 0 aliphatic heterocycles. The lowest BCUT2D eigenvalue weighted by Gasteiger charge is -2.09. The van der Waals surface area contributed by atoms with Gasteiger partial charge in [0, 0.05) is 15.6 Å². The summed E-state index contributed by atoms with van der Waals surface area (Å²) in [4.78, 5) is 37.1. The van der Waals surface area contributed by atoms with E-state index >= 15 is 0 Å². The summed E-state index contributed by atoms with van der Waals surface area (Å²) in [5.74, 6) is -1.71. The molecule has 4 aromatic rings. The monoisotopic (exact) mass is 593 g/mol. The summed E-state index contributed by atoms with van der Waals surface area (Å²) in [5, 5.41) is 14.9. The second-order valence-corrected chi connectivity index (χ2v) is 9.35. The van der Waals surface area contributed by atoms with Gasteiger partial charge >= 0.3 is 17.8 Å². The Labute approximate surface area is 229 Å². The van der Waals surface area contributed by atoms with Gasteiger partial charge in [-0.3, -0.25) is 14.9 Å². The molecule has 0 aliphatic carbocycles. The van der Waals surface area contributed by atoms with E-state index in [1.165, 1.54) is 6.21 Å². The largest absolute Gasteiger partial charge is 0.494 e. The molecule has 12 heteroatoms. The molecule has 3 aromatic carbocycles. The second kappa shape index (κ2) is 12.7. The molecule has 1 heterocycles. The molecule has 2 amide bonds. The van der Waals surface area contributed by atoms with Crippen molar-refractivity contribution in [2.75, 3.05) is 11.9 Å². The van der Waals surface area contributed by atoms with Crippen LogP contribution < -0.4 is 20.2 Å². The Morgan fingerprint density at radius 2 is 1.76 bits per heavy atom. The van der Waals surface area contributed by atoms with Crippen molar-refractivity contribution in [3.05, 3.63) is 88.4 Å². The Hall–Kier alpha value is -4.42. The van der Waals surface area contributed by atoms with Crippen molar-refractivity contribution in [3.8, 4) is 22.1 Å². The van der Waals surface area contributed by atoms with E-state index in [9.17, 15) is 14.4 Å². The molecule has 0 aliphatic rings. The van der Waals surface area contributed by atoms with Crippen LogP contribution in [0.15, 0.2) is 82.4 Å². The van der Waals surface area contributed by atoms with Gasteiger partial charge in [-0.05, 0) is 49.4 Å². The van der Waals surface area contributed by atoms with E-state index in [1.807, 2.05) is 37.3 Å². The van der Waals surface area contributed by atoms with Crippen LogP contribution in [-0.4, -0.2) is 40.8 Å². The van der Waals surface area contributed by atoms with Gasteiger partial charge in [0.05, 0.1) is 18.4 Å². The van der Waals surface area contributed by atoms with Crippen LogP contribution in [0.4, 0.5) is 5.13 Å². The van der Waals surface area contributed by atoms with E-state index in [2.05, 4.69) is 42.0 Å². The summed E-state index contributed by atoms with van der Waals surface area (Å²) >= 11 is 4.48. The van der Waals surface area contributed by atoms with Gasteiger partial charge in [-0.2, -0.15) is 5.10 Å². The number of aromatic nitrogens is 2. The third-order valence-electron chi connectivity index (χ3n) is 4.82. The summed E-state index contributed by atoms with van der Waals surface area (Å²) in [6, 6.07) is 20.8. The zero-order valence-corrected chi connectivity index (χ0v) is 22.3. The zero-order valence-electron chi connectivity index (χ0n) is 19.9. The standard InChI is InChI=1S/C26H20BrN5O5S/c1-2-36-20-11-8-17(9-12-20)25(35)37-21-13-10-19(27)14-18(21)15-28-30-23(34)22(33)29-26-32-31-24(38-26)16-6-4-3-5-7-16/h3-15H,2H2,1H3,(H,30,34)(H,29,32,33)/b28-15+. The van der Waals surface area contributed by atoms with Gasteiger partial charge in [0.2, 0.25) is 5.13 Å². The van der Waals surface area contributed by atoms with Crippen LogP contribution in [0, 0.1) is 0 Å². The first-order valence-corrected chi connectivity index (χ1v) is 12.8. The fraction of sp³-hybridized carbons (Fsp3) is 0.0769. The van der Waals surface area contributed by atoms with Gasteiger partial charge in [-0.1, -0.05) is 57.6 Å². The summed E-state index contributed by atoms with van der Waals surface area (Å²) < 4.78 is 11.6. The van der Waals surface area contributed by atoms with Crippen molar-refractivity contribution in [3.63, 3.8) is 0 Å². The van der Waals surface area contributed by atoms with Gasteiger partial charge in [-0.15, -0.1) is 10.2 Å². The minimum Gasteiger partial charge on any atom is -0.494 e. The maximum Gasteiger partial charge on any atom is 0.343 e. The number of halogens is 1. The SMILES string of the molecule is CCOc1ccc(C(=O)Oc2ccc(Br)cc2/C=N/NC(=O)C(=O)Nc2nnc(-c3ccccc3)s2)cc1. The molecule has 192 valence electrons. The minimum absolute atomic E-state index is 0.170. The predicted molar refractivity (Wildman–Crippen MR) is 146 cm³/mol. The number of rotatable bonds is 8. The number of nitrogens with zero attached hydrogens (tertiary/aromatic N) is 3. The van der Waals surface area contributed by atoms with E-state index in [0.717, 1.165) is 16.9 Å². The highest BCUT2D eigenvalue weighted by atomic mass is 79.9. The van der Waals surface area contributed by atoms with Crippen molar-refractivity contribution in [1.82, 2.24) is 15.6 Å². The van der Waals surface area contributed by atoms with Crippen molar-refractivity contribution >= 4 is 56.4 Å². The van der Waals surface area contributed by atoms with Gasteiger partial charge in [0.15, 0.2) is 0 Å². The Bertz CT molecular complexity index is 1480. The fourth-order valence-electron chi connectivity index (χ4n) is 3.06. The van der Waals surface area contributed by atoms with Gasteiger partial charge < -0.3 is 9.47 Å². The van der Waals surface area contributed by atoms with Crippen LogP contribution in [0.2, 0.25) is 0 Å². The van der Waals surface area contributed by atoms with E-state index in [-0.39, 0.29) is 10.9 Å². The maximum atomic E-state index is 12.6. The highest BCUT2D eigenvalue weighted by Gasteiger charge is 2.17. The van der Waals surface area contributed by atoms with Crippen molar-refractivity contribution < 1.29 is 23.9 Å². The van der Waals surface area contributed by atoms with Crippen molar-refractivity contribution in [2.24, 2.45) is 5.10 Å². The Balaban J connectivity index is 1.37. The molecule has 0 saturated heterocycles. The van der Waals surface area contributed by atoms with Gasteiger partial charge in [-0.25, -0.2) is 10.2 Å². The lowest BCUT2D eigenvalue weighted by molar-refractivity contribution is -0.136. The number of carbonyl (C=O) groups excluding carboxylic acids is 3. The number of nitrogens with one attached hydrogen (secondary N) is 2. The molecule has 4 rings (SSSR count). The Morgan fingerprint density at radius 1 is 1.00 bits per heavy atom. The van der Waals surface area contributed by atoms with E-state index < -0.39 is 17.8 Å². The first-order chi connectivity index (χ1) is 18.4. The van der Waals surface area contributed by atoms with Crippen LogP contribution in [0.25, 0.3) is 10.6 Å². The third kappa shape index (κ3) is 7.08. The highest BCUT2D eigenvalue weighted by molar-refractivity contribution is 9.10. The molecule has 2 N–H and O–H groups in total. The average Bonchev–Trinajstić information content (AvgIpc) is 3.39. The number of benzene rings is 3. The first-order valence-electron chi connectivity index (χ1n) is 11.2. The minimum atomic E-state index is -1.01.